The average Bonchev–Trinajstić information content (AvgIpc) is 2.44. The zero-order chi connectivity index (χ0) is 16.3. The Morgan fingerprint density at radius 1 is 0.818 bits per heavy atom. The number of nitrogens with zero attached hydrogens (tertiary/aromatic N) is 4. The third-order valence-corrected chi connectivity index (χ3v) is 3.04. The fraction of sp³-hybridized carbons (Fsp3) is 0.167. The van der Waals surface area contributed by atoms with Gasteiger partial charge in [-0.2, -0.15) is 9.46 Å². The molecule has 114 valence electrons. The van der Waals surface area contributed by atoms with E-state index in [0.717, 1.165) is 36.9 Å². The van der Waals surface area contributed by atoms with E-state index in [9.17, 15) is 30.6 Å². The van der Waals surface area contributed by atoms with Crippen molar-refractivity contribution in [3.8, 4) is 0 Å². The molecule has 0 atom stereocenters. The van der Waals surface area contributed by atoms with Crippen molar-refractivity contribution in [1.82, 2.24) is 0 Å². The molecule has 10 nitrogen and oxygen atoms in total. The van der Waals surface area contributed by atoms with E-state index in [1.807, 2.05) is 0 Å². The van der Waals surface area contributed by atoms with Crippen LogP contribution in [0.2, 0.25) is 0 Å². The zero-order valence-electron chi connectivity index (χ0n) is 11.1. The average molecular weight is 306 g/mol. The summed E-state index contributed by atoms with van der Waals surface area (Å²) < 4.78 is 0.824. The van der Waals surface area contributed by atoms with Crippen LogP contribution in [0.15, 0.2) is 36.9 Å². The van der Waals surface area contributed by atoms with E-state index >= 15 is 0 Å². The fourth-order valence-corrected chi connectivity index (χ4v) is 2.04. The number of nitro groups is 2. The molecule has 0 unspecified atom stereocenters. The van der Waals surface area contributed by atoms with Crippen LogP contribution in [-0.4, -0.2) is 9.85 Å². The Kier molecular flexibility index (Phi) is 4.11. The normalized spacial score (nSPS) is 10.4. The summed E-state index contributed by atoms with van der Waals surface area (Å²) in [6.45, 7) is 0. The molecule has 0 N–H and O–H groups in total. The number of aromatic nitrogens is 2. The summed E-state index contributed by atoms with van der Waals surface area (Å²) in [5, 5.41) is 44.3. The lowest BCUT2D eigenvalue weighted by Gasteiger charge is -2.04. The summed E-state index contributed by atoms with van der Waals surface area (Å²) in [6, 6.07) is 2.13. The molecule has 0 aliphatic rings. The molecule has 0 fully saturated rings. The van der Waals surface area contributed by atoms with E-state index < -0.39 is 9.85 Å². The van der Waals surface area contributed by atoms with Gasteiger partial charge < -0.3 is 10.4 Å². The minimum Gasteiger partial charge on any atom is -0.619 e. The zero-order valence-corrected chi connectivity index (χ0v) is 11.1. The molecule has 0 saturated heterocycles. The molecule has 2 heterocycles. The summed E-state index contributed by atoms with van der Waals surface area (Å²) >= 11 is 0. The number of hydrogen-bond donors (Lipinski definition) is 0. The Morgan fingerprint density at radius 2 is 1.18 bits per heavy atom. The second kappa shape index (κ2) is 5.99. The summed E-state index contributed by atoms with van der Waals surface area (Å²) in [5.41, 5.74) is -0.224. The highest BCUT2D eigenvalue weighted by Crippen LogP contribution is 2.21. The maximum Gasteiger partial charge on any atom is 0.284 e. The molecule has 0 saturated carbocycles. The highest BCUT2D eigenvalue weighted by atomic mass is 16.6. The standard InChI is InChI=1S/C12H10N4O6/c17-13-5-3-11(15(19)20)9(7-13)1-2-10-8-14(18)6-4-12(10)16(21)22/h3-8H,1-2H2. The number of hydrogen-bond acceptors (Lipinski definition) is 6. The largest absolute Gasteiger partial charge is 0.619 e. The van der Waals surface area contributed by atoms with Crippen molar-refractivity contribution in [3.63, 3.8) is 0 Å². The fourth-order valence-electron chi connectivity index (χ4n) is 2.04. The summed E-state index contributed by atoms with van der Waals surface area (Å²) in [5.74, 6) is 0. The van der Waals surface area contributed by atoms with E-state index in [0.29, 0.717) is 9.46 Å². The van der Waals surface area contributed by atoms with Crippen LogP contribution in [0.25, 0.3) is 0 Å². The maximum atomic E-state index is 11.2. The molecule has 10 heteroatoms. The Labute approximate surface area is 123 Å². The van der Waals surface area contributed by atoms with E-state index in [1.54, 1.807) is 0 Å². The van der Waals surface area contributed by atoms with Crippen molar-refractivity contribution in [2.45, 2.75) is 12.8 Å². The predicted octanol–water partition coefficient (Wildman–Crippen LogP) is 0.555. The highest BCUT2D eigenvalue weighted by molar-refractivity contribution is 5.39. The van der Waals surface area contributed by atoms with Crippen LogP contribution in [0.5, 0.6) is 0 Å². The lowest BCUT2D eigenvalue weighted by molar-refractivity contribution is -0.607. The molecule has 0 aliphatic carbocycles. The minimum atomic E-state index is -0.636. The monoisotopic (exact) mass is 306 g/mol. The quantitative estimate of drug-likeness (QED) is 0.342. The van der Waals surface area contributed by atoms with E-state index in [2.05, 4.69) is 0 Å². The van der Waals surface area contributed by atoms with Gasteiger partial charge in [-0.15, -0.1) is 0 Å². The third-order valence-electron chi connectivity index (χ3n) is 3.04. The van der Waals surface area contributed by atoms with Gasteiger partial charge in [-0.1, -0.05) is 0 Å². The third kappa shape index (κ3) is 3.23. The van der Waals surface area contributed by atoms with Crippen molar-refractivity contribution < 1.29 is 19.3 Å². The van der Waals surface area contributed by atoms with Gasteiger partial charge in [-0.25, -0.2) is 0 Å². The van der Waals surface area contributed by atoms with Gasteiger partial charge in [0.15, 0.2) is 24.8 Å². The molecule has 2 aromatic rings. The molecule has 2 rings (SSSR count). The van der Waals surface area contributed by atoms with Crippen LogP contribution in [0, 0.1) is 30.6 Å². The van der Waals surface area contributed by atoms with Crippen LogP contribution in [-0.2, 0) is 12.8 Å². The van der Waals surface area contributed by atoms with Gasteiger partial charge in [-0.05, 0) is 12.8 Å². The van der Waals surface area contributed by atoms with E-state index in [-0.39, 0.29) is 35.3 Å². The van der Waals surface area contributed by atoms with Gasteiger partial charge in [0, 0.05) is 0 Å². The first-order chi connectivity index (χ1) is 10.4. The maximum absolute atomic E-state index is 11.2. The van der Waals surface area contributed by atoms with Gasteiger partial charge in [0.25, 0.3) is 11.4 Å². The molecule has 2 aromatic heterocycles. The molecule has 0 aromatic carbocycles. The van der Waals surface area contributed by atoms with Crippen LogP contribution in [0.1, 0.15) is 11.1 Å². The summed E-state index contributed by atoms with van der Waals surface area (Å²) in [7, 11) is 0. The minimum absolute atomic E-state index is 0.0181. The highest BCUT2D eigenvalue weighted by Gasteiger charge is 2.21. The SMILES string of the molecule is O=[N+]([O-])c1cc[n+]([O-])cc1CCc1c[n+]([O-])ccc1[N+](=O)[O-]. The first-order valence-corrected chi connectivity index (χ1v) is 6.10. The molecule has 0 amide bonds. The topological polar surface area (TPSA) is 140 Å². The molecule has 0 radical (unpaired) electrons. The molecule has 0 bridgehead atoms. The number of pyridine rings is 2. The first-order valence-electron chi connectivity index (χ1n) is 6.10. The van der Waals surface area contributed by atoms with Gasteiger partial charge in [0.2, 0.25) is 0 Å². The Bertz CT molecular complexity index is 685. The van der Waals surface area contributed by atoms with Crippen molar-refractivity contribution in [3.05, 3.63) is 78.7 Å². The smallest absolute Gasteiger partial charge is 0.284 e. The molecular formula is C12H10N4O6. The first kappa shape index (κ1) is 15.1. The number of aryl methyl sites for hydroxylation is 2. The van der Waals surface area contributed by atoms with Crippen LogP contribution in [0.4, 0.5) is 11.4 Å². The van der Waals surface area contributed by atoms with Crippen LogP contribution in [0.3, 0.4) is 0 Å². The lowest BCUT2D eigenvalue weighted by atomic mass is 10.0. The second-order valence-corrected chi connectivity index (χ2v) is 4.44. The van der Waals surface area contributed by atoms with Gasteiger partial charge >= 0.3 is 0 Å². The molecule has 0 spiro atoms. The molecular weight excluding hydrogens is 296 g/mol. The second-order valence-electron chi connectivity index (χ2n) is 4.44. The Morgan fingerprint density at radius 3 is 1.50 bits per heavy atom. The van der Waals surface area contributed by atoms with Gasteiger partial charge in [-0.3, -0.25) is 20.2 Å². The Balaban J connectivity index is 2.31. The lowest BCUT2D eigenvalue weighted by Crippen LogP contribution is -2.26. The van der Waals surface area contributed by atoms with Crippen LogP contribution < -0.4 is 9.46 Å². The van der Waals surface area contributed by atoms with E-state index in [4.69, 9.17) is 0 Å². The summed E-state index contributed by atoms with van der Waals surface area (Å²) in [4.78, 5) is 20.5. The van der Waals surface area contributed by atoms with Crippen molar-refractivity contribution >= 4 is 11.4 Å². The van der Waals surface area contributed by atoms with E-state index in [1.165, 1.54) is 0 Å². The van der Waals surface area contributed by atoms with Crippen molar-refractivity contribution in [2.75, 3.05) is 0 Å². The van der Waals surface area contributed by atoms with Crippen molar-refractivity contribution in [1.29, 1.82) is 0 Å². The van der Waals surface area contributed by atoms with Gasteiger partial charge in [0.05, 0.1) is 33.1 Å². The van der Waals surface area contributed by atoms with Gasteiger partial charge in [0.1, 0.15) is 0 Å². The van der Waals surface area contributed by atoms with Crippen molar-refractivity contribution in [2.24, 2.45) is 0 Å². The molecule has 22 heavy (non-hydrogen) atoms. The van der Waals surface area contributed by atoms with Crippen LogP contribution >= 0.6 is 0 Å². The molecule has 0 aliphatic heterocycles. The Hall–Kier alpha value is -3.30. The number of rotatable bonds is 5. The summed E-state index contributed by atoms with van der Waals surface area (Å²) in [6.07, 6.45) is 4.11. The predicted molar refractivity (Wildman–Crippen MR) is 71.5 cm³/mol.